The van der Waals surface area contributed by atoms with Crippen LogP contribution in [0.25, 0.3) is 0 Å². The molecule has 4 fully saturated rings. The molecule has 1 unspecified atom stereocenters. The van der Waals surface area contributed by atoms with Crippen LogP contribution in [0.15, 0.2) is 53.1 Å². The summed E-state index contributed by atoms with van der Waals surface area (Å²) in [6.07, 6.45) is -13.3. The highest BCUT2D eigenvalue weighted by Crippen LogP contribution is 2.67. The molecule has 62 heavy (non-hydrogen) atoms. The van der Waals surface area contributed by atoms with Gasteiger partial charge in [0.15, 0.2) is 41.9 Å². The summed E-state index contributed by atoms with van der Waals surface area (Å²) in [5.41, 5.74) is -8.49. The molecule has 1 spiro atoms. The van der Waals surface area contributed by atoms with Crippen molar-refractivity contribution in [2.45, 2.75) is 148 Å². The van der Waals surface area contributed by atoms with E-state index < -0.39 is 124 Å². The van der Waals surface area contributed by atoms with Crippen LogP contribution in [-0.2, 0) is 57.1 Å². The Morgan fingerprint density at radius 1 is 0.952 bits per heavy atom. The summed E-state index contributed by atoms with van der Waals surface area (Å²) >= 11 is 0. The zero-order chi connectivity index (χ0) is 46.1. The monoisotopic (exact) mass is 869 g/mol. The molecule has 0 radical (unpaired) electrons. The van der Waals surface area contributed by atoms with Gasteiger partial charge in [-0.3, -0.25) is 14.4 Å². The molecular formula is C44H55NO17. The molecule has 2 bridgehead atoms. The molecule has 18 heteroatoms. The van der Waals surface area contributed by atoms with Crippen molar-refractivity contribution < 1.29 is 81.7 Å². The Balaban J connectivity index is 1.62. The minimum Gasteiger partial charge on any atom is -0.454 e. The Labute approximate surface area is 358 Å². The number of allylic oxidation sites excluding steroid dienone is 1. The number of rotatable bonds is 9. The predicted octanol–water partition coefficient (Wildman–Crippen LogP) is 3.58. The highest BCUT2D eigenvalue weighted by molar-refractivity contribution is 5.96. The van der Waals surface area contributed by atoms with E-state index in [2.05, 4.69) is 5.32 Å². The lowest BCUT2D eigenvalue weighted by molar-refractivity contribution is -0.345. The van der Waals surface area contributed by atoms with Crippen LogP contribution < -0.4 is 5.32 Å². The lowest BCUT2D eigenvalue weighted by Crippen LogP contribution is -2.83. The Morgan fingerprint density at radius 2 is 1.60 bits per heavy atom. The number of benzene rings is 1. The average Bonchev–Trinajstić information content (AvgIpc) is 3.52. The number of alkyl carbamates (subject to hydrolysis) is 1. The van der Waals surface area contributed by atoms with Crippen LogP contribution in [0.2, 0.25) is 0 Å². The van der Waals surface area contributed by atoms with Gasteiger partial charge in [0.1, 0.15) is 11.7 Å². The second kappa shape index (κ2) is 16.1. The van der Waals surface area contributed by atoms with Gasteiger partial charge in [-0.1, -0.05) is 43.7 Å². The summed E-state index contributed by atoms with van der Waals surface area (Å²) in [4.78, 5) is 97.2. The summed E-state index contributed by atoms with van der Waals surface area (Å²) in [5, 5.41) is 26.2. The lowest BCUT2D eigenvalue weighted by Gasteiger charge is -2.67. The third kappa shape index (κ3) is 7.52. The maximum absolute atomic E-state index is 15.6. The summed E-state index contributed by atoms with van der Waals surface area (Å²) in [6.45, 7) is 15.9. The molecule has 2 heterocycles. The number of esters is 4. The van der Waals surface area contributed by atoms with Crippen molar-refractivity contribution in [1.82, 2.24) is 5.32 Å². The molecule has 2 saturated carbocycles. The smallest absolute Gasteiger partial charge is 0.454 e. The molecule has 3 aliphatic carbocycles. The molecule has 1 aromatic carbocycles. The first-order valence-electron chi connectivity index (χ1n) is 20.3. The Bertz CT molecular complexity index is 2100. The van der Waals surface area contributed by atoms with E-state index in [1.54, 1.807) is 52.8 Å². The molecular weight excluding hydrogens is 814 g/mol. The Hall–Kier alpha value is -5.33. The highest BCUT2D eigenvalue weighted by atomic mass is 16.8. The lowest BCUT2D eigenvalue weighted by atomic mass is 9.44. The van der Waals surface area contributed by atoms with E-state index in [4.69, 9.17) is 37.9 Å². The molecule has 338 valence electrons. The van der Waals surface area contributed by atoms with Crippen LogP contribution in [0.3, 0.4) is 0 Å². The zero-order valence-electron chi connectivity index (χ0n) is 36.6. The summed E-state index contributed by atoms with van der Waals surface area (Å²) < 4.78 is 48.0. The third-order valence-electron chi connectivity index (χ3n) is 12.7. The maximum Gasteiger partial charge on any atom is 0.509 e. The van der Waals surface area contributed by atoms with Gasteiger partial charge in [0, 0.05) is 25.7 Å². The van der Waals surface area contributed by atoms with E-state index in [1.165, 1.54) is 45.9 Å². The van der Waals surface area contributed by atoms with Crippen LogP contribution >= 0.6 is 0 Å². The molecule has 5 aliphatic rings. The van der Waals surface area contributed by atoms with Crippen LogP contribution in [-0.4, -0.2) is 124 Å². The maximum atomic E-state index is 15.6. The number of hydrogen-bond acceptors (Lipinski definition) is 17. The molecule has 1 aromatic rings. The molecule has 0 aromatic heterocycles. The van der Waals surface area contributed by atoms with Crippen LogP contribution in [0.1, 0.15) is 92.9 Å². The number of amides is 1. The number of Topliss-reactive ketones (excluding diaryl/α,β-unsaturated/α-hetero) is 1. The van der Waals surface area contributed by atoms with Crippen molar-refractivity contribution in [3.05, 3.63) is 58.7 Å². The Morgan fingerprint density at radius 3 is 2.15 bits per heavy atom. The standard InChI is InChI=1S/C44H55NO17/c1-20(2)17-25(45-38(53)61-40(6,7)8)29(49)37(52)57-30-21(3)28-31(56-22(4)46)33(50)42(11)26(48)18-27-43(19-55-27,60-23(5)47)32(42)35(58-36(51)24-15-13-12-14-16-24)44(41(28,9)10)34(30)59-39(54)62-44/h12-17,25-27,29-32,34-35,48-49H,18-19H2,1-11H3,(H,45,53)/t25-,26-,27+,29+,30+,31+,32?,34-,35-,42+,43-,44+/m0/s1. The first-order chi connectivity index (χ1) is 28.7. The average molecular weight is 870 g/mol. The van der Waals surface area contributed by atoms with Gasteiger partial charge in [0.05, 0.1) is 35.6 Å². The fraction of sp³-hybridized carbons (Fsp3) is 0.614. The molecule has 6 rings (SSSR count). The SMILES string of the molecule is CC(=O)O[C@H]1C(=O)[C@@]2(C)C([C@H](OC(=O)c3ccccc3)[C@]34OC(=O)O[C@H]3[C@H](OC(=O)[C@H](O)[C@H](C=C(C)C)NC(=O)OC(C)(C)C)C(C)=C1C4(C)C)[C@]1(OC(C)=O)CO[C@@H]1C[C@@H]2O. The van der Waals surface area contributed by atoms with Crippen molar-refractivity contribution in [3.8, 4) is 0 Å². The van der Waals surface area contributed by atoms with Gasteiger partial charge < -0.3 is 53.4 Å². The largest absolute Gasteiger partial charge is 0.509 e. The number of ketones is 1. The highest BCUT2D eigenvalue weighted by Gasteiger charge is 2.83. The fourth-order valence-electron chi connectivity index (χ4n) is 10.1. The summed E-state index contributed by atoms with van der Waals surface area (Å²) in [6, 6.07) is 6.28. The van der Waals surface area contributed by atoms with Crippen molar-refractivity contribution in [2.75, 3.05) is 6.61 Å². The number of carbonyl (C=O) groups is 7. The van der Waals surface area contributed by atoms with Gasteiger partial charge in [0.2, 0.25) is 5.60 Å². The number of ether oxygens (including phenoxy) is 8. The van der Waals surface area contributed by atoms with Gasteiger partial charge >= 0.3 is 36.1 Å². The number of aliphatic hydroxyl groups excluding tert-OH is 2. The van der Waals surface area contributed by atoms with Gasteiger partial charge in [-0.15, -0.1) is 0 Å². The van der Waals surface area contributed by atoms with Crippen molar-refractivity contribution in [2.24, 2.45) is 16.7 Å². The quantitative estimate of drug-likeness (QED) is 0.182. The topological polar surface area (TPSA) is 246 Å². The van der Waals surface area contributed by atoms with E-state index >= 15 is 4.79 Å². The van der Waals surface area contributed by atoms with Crippen LogP contribution in [0, 0.1) is 16.7 Å². The minimum atomic E-state index is -2.37. The second-order valence-corrected chi connectivity index (χ2v) is 18.5. The molecule has 12 atom stereocenters. The number of carbonyl (C=O) groups excluding carboxylic acids is 7. The molecule has 1 amide bonds. The van der Waals surface area contributed by atoms with E-state index in [-0.39, 0.29) is 29.7 Å². The summed E-state index contributed by atoms with van der Waals surface area (Å²) in [5.74, 6) is -6.64. The van der Waals surface area contributed by atoms with Crippen molar-refractivity contribution in [1.29, 1.82) is 0 Å². The van der Waals surface area contributed by atoms with E-state index in [9.17, 15) is 39.0 Å². The first-order valence-corrected chi connectivity index (χ1v) is 20.3. The normalized spacial score (nSPS) is 34.0. The number of fused-ring (bicyclic) bond motifs is 4. The van der Waals surface area contributed by atoms with E-state index in [0.29, 0.717) is 5.57 Å². The molecule has 18 nitrogen and oxygen atoms in total. The minimum absolute atomic E-state index is 0.0207. The zero-order valence-corrected chi connectivity index (χ0v) is 36.6. The number of nitrogens with one attached hydrogen (secondary N) is 1. The number of hydrogen-bond donors (Lipinski definition) is 3. The predicted molar refractivity (Wildman–Crippen MR) is 212 cm³/mol. The summed E-state index contributed by atoms with van der Waals surface area (Å²) in [7, 11) is 0. The van der Waals surface area contributed by atoms with Crippen LogP contribution in [0.4, 0.5) is 9.59 Å². The first kappa shape index (κ1) is 46.2. The third-order valence-corrected chi connectivity index (χ3v) is 12.7. The van der Waals surface area contributed by atoms with Crippen molar-refractivity contribution in [3.63, 3.8) is 0 Å². The molecule has 2 aliphatic heterocycles. The Kier molecular flexibility index (Phi) is 12.0. The van der Waals surface area contributed by atoms with Gasteiger partial charge in [-0.2, -0.15) is 0 Å². The van der Waals surface area contributed by atoms with Gasteiger partial charge in [-0.05, 0) is 71.7 Å². The molecule has 2 saturated heterocycles. The molecule has 3 N–H and O–H groups in total. The van der Waals surface area contributed by atoms with Gasteiger partial charge in [0.25, 0.3) is 0 Å². The fourth-order valence-corrected chi connectivity index (χ4v) is 10.1. The van der Waals surface area contributed by atoms with Crippen LogP contribution in [0.5, 0.6) is 0 Å². The van der Waals surface area contributed by atoms with E-state index in [1.807, 2.05) is 0 Å². The number of aliphatic hydroxyl groups is 2. The van der Waals surface area contributed by atoms with E-state index in [0.717, 1.165) is 13.8 Å². The second-order valence-electron chi connectivity index (χ2n) is 18.5. The van der Waals surface area contributed by atoms with Gasteiger partial charge in [-0.25, -0.2) is 19.2 Å². The van der Waals surface area contributed by atoms with Crippen molar-refractivity contribution >= 4 is 41.9 Å².